The number of nitrogens with one attached hydrogen (secondary N) is 1. The number of hydrogen-bond acceptors (Lipinski definition) is 8. The molecule has 0 spiro atoms. The summed E-state index contributed by atoms with van der Waals surface area (Å²) in [6.45, 7) is 2.71. The Morgan fingerprint density at radius 2 is 2.21 bits per heavy atom. The molecule has 0 bridgehead atoms. The van der Waals surface area contributed by atoms with Gasteiger partial charge in [-0.25, -0.2) is 14.2 Å². The highest BCUT2D eigenvalue weighted by atomic mass is 35.5. The molecule has 2 N–H and O–H groups in total. The van der Waals surface area contributed by atoms with E-state index in [1.807, 2.05) is 11.8 Å². The van der Waals surface area contributed by atoms with Crippen molar-refractivity contribution in [3.05, 3.63) is 62.5 Å². The number of carboxylic acids is 1. The minimum Gasteiger partial charge on any atom is -0.480 e. The topological polar surface area (TPSA) is 104 Å². The van der Waals surface area contributed by atoms with Gasteiger partial charge in [0.05, 0.1) is 12.7 Å². The third-order valence-corrected chi connectivity index (χ3v) is 6.79. The van der Waals surface area contributed by atoms with E-state index in [0.717, 1.165) is 6.07 Å². The van der Waals surface area contributed by atoms with Gasteiger partial charge in [-0.15, -0.1) is 11.3 Å². The van der Waals surface area contributed by atoms with E-state index in [9.17, 15) is 19.1 Å². The zero-order valence-corrected chi connectivity index (χ0v) is 19.5. The number of halogens is 2. The summed E-state index contributed by atoms with van der Waals surface area (Å²) in [5, 5.41) is 15.4. The van der Waals surface area contributed by atoms with Crippen molar-refractivity contribution < 1.29 is 23.8 Å². The predicted molar refractivity (Wildman–Crippen MR) is 122 cm³/mol. The van der Waals surface area contributed by atoms with Crippen LogP contribution in [0.4, 0.5) is 4.39 Å². The van der Waals surface area contributed by atoms with Crippen molar-refractivity contribution in [3.63, 3.8) is 0 Å². The van der Waals surface area contributed by atoms with Gasteiger partial charge in [-0.05, 0) is 24.5 Å². The molecule has 1 fully saturated rings. The van der Waals surface area contributed by atoms with E-state index in [1.54, 1.807) is 11.6 Å². The number of likely N-dealkylation sites (tertiary alicyclic amines) is 1. The Kier molecular flexibility index (Phi) is 6.78. The molecule has 1 saturated heterocycles. The number of carbonyl (C=O) groups is 2. The van der Waals surface area contributed by atoms with Crippen molar-refractivity contribution in [2.45, 2.75) is 25.4 Å². The highest BCUT2D eigenvalue weighted by molar-refractivity contribution is 7.11. The Bertz CT molecular complexity index is 1140. The van der Waals surface area contributed by atoms with Gasteiger partial charge in [0.15, 0.2) is 10.8 Å². The second-order valence-corrected chi connectivity index (χ2v) is 9.32. The van der Waals surface area contributed by atoms with Crippen molar-refractivity contribution in [1.29, 1.82) is 0 Å². The summed E-state index contributed by atoms with van der Waals surface area (Å²) in [4.78, 5) is 35.6. The van der Waals surface area contributed by atoms with Gasteiger partial charge < -0.3 is 15.2 Å². The number of carbonyl (C=O) groups excluding carboxylic acids is 1. The smallest absolute Gasteiger partial charge is 0.338 e. The Labute approximate surface area is 198 Å². The van der Waals surface area contributed by atoms with Crippen LogP contribution in [0.1, 0.15) is 30.0 Å². The molecule has 1 aromatic carbocycles. The Balaban J connectivity index is 1.83. The van der Waals surface area contributed by atoms with E-state index in [2.05, 4.69) is 15.3 Å². The monoisotopic (exact) mass is 492 g/mol. The van der Waals surface area contributed by atoms with E-state index < -0.39 is 29.8 Å². The van der Waals surface area contributed by atoms with E-state index in [-0.39, 0.29) is 23.1 Å². The molecule has 11 heteroatoms. The third-order valence-electron chi connectivity index (χ3n) is 5.68. The molecule has 1 aromatic heterocycles. The van der Waals surface area contributed by atoms with Gasteiger partial charge in [0, 0.05) is 40.9 Å². The Morgan fingerprint density at radius 1 is 1.42 bits per heavy atom. The number of amidine groups is 1. The van der Waals surface area contributed by atoms with E-state index in [4.69, 9.17) is 16.3 Å². The highest BCUT2D eigenvalue weighted by Gasteiger charge is 2.39. The van der Waals surface area contributed by atoms with Gasteiger partial charge >= 0.3 is 11.9 Å². The second kappa shape index (κ2) is 9.58. The molecular weight excluding hydrogens is 471 g/mol. The molecule has 2 aliphatic heterocycles. The van der Waals surface area contributed by atoms with Crippen LogP contribution >= 0.6 is 22.9 Å². The van der Waals surface area contributed by atoms with E-state index >= 15 is 0 Å². The maximum Gasteiger partial charge on any atom is 0.338 e. The molecule has 2 aromatic rings. The molecule has 3 heterocycles. The summed E-state index contributed by atoms with van der Waals surface area (Å²) in [6.07, 6.45) is 2.14. The van der Waals surface area contributed by atoms with Crippen LogP contribution in [0.25, 0.3) is 0 Å². The number of rotatable bonds is 6. The van der Waals surface area contributed by atoms with Crippen LogP contribution < -0.4 is 5.32 Å². The maximum absolute atomic E-state index is 13.7. The van der Waals surface area contributed by atoms with Crippen molar-refractivity contribution in [2.75, 3.05) is 20.2 Å². The normalized spacial score (nSPS) is 23.3. The maximum atomic E-state index is 13.7. The van der Waals surface area contributed by atoms with Crippen molar-refractivity contribution in [3.8, 4) is 0 Å². The van der Waals surface area contributed by atoms with Gasteiger partial charge in [-0.1, -0.05) is 24.6 Å². The standard InChI is InChI=1S/C22H22ClFN4O4S/c1-11-7-16(21(29)30)28(9-11)10-15-17(22(31)32-2)18(13-4-3-12(24)8-14(13)23)27-19(26-15)20-25-5-6-33-20/h3-6,8,11,16,18H,7,9-10H2,1-2H3,(H,26,27)(H,29,30)/t11-,16+,18+/m1/s1. The fraction of sp³-hybridized carbons (Fsp3) is 0.364. The summed E-state index contributed by atoms with van der Waals surface area (Å²) < 4.78 is 18.8. The number of thiazole rings is 1. The number of benzene rings is 1. The Hall–Kier alpha value is -2.82. The first-order valence-electron chi connectivity index (χ1n) is 10.3. The predicted octanol–water partition coefficient (Wildman–Crippen LogP) is 3.25. The average Bonchev–Trinajstić information content (AvgIpc) is 3.43. The number of ether oxygens (including phenoxy) is 1. The fourth-order valence-electron chi connectivity index (χ4n) is 4.24. The lowest BCUT2D eigenvalue weighted by molar-refractivity contribution is -0.142. The van der Waals surface area contributed by atoms with E-state index in [0.29, 0.717) is 35.1 Å². The van der Waals surface area contributed by atoms with Crippen LogP contribution in [-0.4, -0.2) is 59.0 Å². The van der Waals surface area contributed by atoms with Gasteiger partial charge in [0.25, 0.3) is 0 Å². The molecule has 33 heavy (non-hydrogen) atoms. The molecule has 3 atom stereocenters. The third kappa shape index (κ3) is 4.78. The molecule has 0 unspecified atom stereocenters. The number of aliphatic imine (C=N–C) groups is 1. The average molecular weight is 493 g/mol. The quantitative estimate of drug-likeness (QED) is 0.596. The first-order valence-corrected chi connectivity index (χ1v) is 11.5. The number of hydrogen-bond donors (Lipinski definition) is 2. The van der Waals surface area contributed by atoms with Gasteiger partial charge in [-0.3, -0.25) is 14.7 Å². The molecule has 0 aliphatic carbocycles. The SMILES string of the molecule is COC(=O)C1=C(CN2C[C@H](C)C[C@H]2C(=O)O)NC(c2nccs2)=N[C@H]1c1ccc(F)cc1Cl. The lowest BCUT2D eigenvalue weighted by atomic mass is 9.95. The first-order chi connectivity index (χ1) is 15.8. The molecule has 4 rings (SSSR count). The zero-order chi connectivity index (χ0) is 23.7. The molecule has 0 amide bonds. The van der Waals surface area contributed by atoms with Crippen LogP contribution in [0.3, 0.4) is 0 Å². The zero-order valence-electron chi connectivity index (χ0n) is 17.9. The van der Waals surface area contributed by atoms with Crippen molar-refractivity contribution in [2.24, 2.45) is 10.9 Å². The Morgan fingerprint density at radius 3 is 2.85 bits per heavy atom. The fourth-order valence-corrected chi connectivity index (χ4v) is 5.09. The highest BCUT2D eigenvalue weighted by Crippen LogP contribution is 2.37. The minimum absolute atomic E-state index is 0.114. The molecule has 0 saturated carbocycles. The summed E-state index contributed by atoms with van der Waals surface area (Å²) in [5.74, 6) is -1.46. The van der Waals surface area contributed by atoms with Crippen LogP contribution in [-0.2, 0) is 14.3 Å². The number of esters is 1. The van der Waals surface area contributed by atoms with E-state index in [1.165, 1.54) is 30.6 Å². The molecule has 8 nitrogen and oxygen atoms in total. The minimum atomic E-state index is -0.915. The number of aromatic nitrogens is 1. The van der Waals surface area contributed by atoms with Crippen LogP contribution in [0, 0.1) is 11.7 Å². The summed E-state index contributed by atoms with van der Waals surface area (Å²) in [7, 11) is 1.26. The largest absolute Gasteiger partial charge is 0.480 e. The van der Waals surface area contributed by atoms with Crippen LogP contribution in [0.5, 0.6) is 0 Å². The number of carboxylic acid groups (broad SMARTS) is 1. The van der Waals surface area contributed by atoms with Crippen molar-refractivity contribution in [1.82, 2.24) is 15.2 Å². The summed E-state index contributed by atoms with van der Waals surface area (Å²) in [6, 6.07) is 2.33. The number of methoxy groups -OCH3 is 1. The van der Waals surface area contributed by atoms with Gasteiger partial charge in [-0.2, -0.15) is 0 Å². The molecule has 174 valence electrons. The summed E-state index contributed by atoms with van der Waals surface area (Å²) in [5.41, 5.74) is 1.07. The number of aliphatic carboxylic acids is 1. The van der Waals surface area contributed by atoms with Crippen LogP contribution in [0.2, 0.25) is 5.02 Å². The lowest BCUT2D eigenvalue weighted by Gasteiger charge is -2.30. The number of nitrogens with zero attached hydrogens (tertiary/aromatic N) is 3. The second-order valence-electron chi connectivity index (χ2n) is 8.02. The summed E-state index contributed by atoms with van der Waals surface area (Å²) >= 11 is 7.70. The molecule has 0 radical (unpaired) electrons. The van der Waals surface area contributed by atoms with Gasteiger partial charge in [0.2, 0.25) is 0 Å². The van der Waals surface area contributed by atoms with Gasteiger partial charge in [0.1, 0.15) is 17.9 Å². The lowest BCUT2D eigenvalue weighted by Crippen LogP contribution is -2.43. The van der Waals surface area contributed by atoms with Crippen molar-refractivity contribution >= 4 is 40.7 Å². The molecule has 2 aliphatic rings. The molecular formula is C22H22ClFN4O4S. The van der Waals surface area contributed by atoms with Crippen LogP contribution in [0.15, 0.2) is 46.0 Å². The first kappa shape index (κ1) is 23.3.